The summed E-state index contributed by atoms with van der Waals surface area (Å²) in [6, 6.07) is 10.0. The molecule has 2 heterocycles. The molecule has 1 aromatic rings. The Morgan fingerprint density at radius 2 is 1.89 bits per heavy atom. The van der Waals surface area contributed by atoms with Crippen molar-refractivity contribution in [1.29, 1.82) is 0 Å². The number of rotatable bonds is 2. The molecule has 3 rings (SSSR count). The average molecular weight is 250 g/mol. The quantitative estimate of drug-likeness (QED) is 0.806. The summed E-state index contributed by atoms with van der Waals surface area (Å²) in [5.41, 5.74) is 1.06. The molecule has 0 spiro atoms. The monoisotopic (exact) mass is 250 g/mol. The Kier molecular flexibility index (Phi) is 3.61. The number of fused-ring (bicyclic) bond motifs is 1. The van der Waals surface area contributed by atoms with Crippen LogP contribution in [-0.4, -0.2) is 32.2 Å². The van der Waals surface area contributed by atoms with Gasteiger partial charge in [0.05, 0.1) is 12.7 Å². The predicted octanol–water partition coefficient (Wildman–Crippen LogP) is 2.25. The molecule has 4 heteroatoms. The Morgan fingerprint density at radius 3 is 2.67 bits per heavy atom. The molecule has 0 saturated carbocycles. The van der Waals surface area contributed by atoms with Gasteiger partial charge in [-0.15, -0.1) is 0 Å². The lowest BCUT2D eigenvalue weighted by atomic mass is 10.0. The van der Waals surface area contributed by atoms with E-state index >= 15 is 0 Å². The zero-order valence-corrected chi connectivity index (χ0v) is 10.5. The van der Waals surface area contributed by atoms with Gasteiger partial charge >= 0.3 is 0 Å². The molecule has 2 saturated heterocycles. The predicted molar refractivity (Wildman–Crippen MR) is 64.9 cm³/mol. The van der Waals surface area contributed by atoms with Gasteiger partial charge in [-0.2, -0.15) is 0 Å². The number of ether oxygens (including phenoxy) is 4. The molecule has 0 N–H and O–H groups in total. The van der Waals surface area contributed by atoms with Gasteiger partial charge in [-0.1, -0.05) is 30.3 Å². The van der Waals surface area contributed by atoms with Gasteiger partial charge in [0.1, 0.15) is 6.10 Å². The molecule has 1 aromatic carbocycles. The molecule has 2 aliphatic heterocycles. The van der Waals surface area contributed by atoms with Crippen molar-refractivity contribution in [2.75, 3.05) is 13.7 Å². The van der Waals surface area contributed by atoms with E-state index in [2.05, 4.69) is 0 Å². The molecule has 0 aliphatic carbocycles. The van der Waals surface area contributed by atoms with E-state index in [4.69, 9.17) is 18.9 Å². The van der Waals surface area contributed by atoms with E-state index in [-0.39, 0.29) is 24.8 Å². The first-order chi connectivity index (χ1) is 8.86. The molecule has 98 valence electrons. The van der Waals surface area contributed by atoms with Crippen molar-refractivity contribution in [3.05, 3.63) is 35.9 Å². The van der Waals surface area contributed by atoms with Gasteiger partial charge < -0.3 is 18.9 Å². The van der Waals surface area contributed by atoms with Crippen molar-refractivity contribution in [2.24, 2.45) is 0 Å². The highest BCUT2D eigenvalue weighted by molar-refractivity contribution is 5.16. The number of hydrogen-bond acceptors (Lipinski definition) is 4. The lowest BCUT2D eigenvalue weighted by molar-refractivity contribution is -0.313. The Labute approximate surface area is 107 Å². The molecule has 0 radical (unpaired) electrons. The van der Waals surface area contributed by atoms with E-state index in [1.54, 1.807) is 7.11 Å². The highest BCUT2D eigenvalue weighted by Crippen LogP contribution is 2.33. The van der Waals surface area contributed by atoms with Crippen LogP contribution in [0, 0.1) is 0 Å². The zero-order valence-electron chi connectivity index (χ0n) is 10.5. The maximum atomic E-state index is 5.97. The van der Waals surface area contributed by atoms with Crippen LogP contribution in [0.3, 0.4) is 0 Å². The molecule has 0 unspecified atom stereocenters. The zero-order chi connectivity index (χ0) is 12.4. The highest BCUT2D eigenvalue weighted by atomic mass is 16.7. The Balaban J connectivity index is 1.65. The highest BCUT2D eigenvalue weighted by Gasteiger charge is 2.38. The largest absolute Gasteiger partial charge is 0.356 e. The van der Waals surface area contributed by atoms with Crippen molar-refractivity contribution < 1.29 is 18.9 Å². The fourth-order valence-electron chi connectivity index (χ4n) is 2.48. The minimum Gasteiger partial charge on any atom is -0.356 e. The Bertz CT molecular complexity index is 381. The van der Waals surface area contributed by atoms with E-state index in [0.717, 1.165) is 18.4 Å². The summed E-state index contributed by atoms with van der Waals surface area (Å²) in [6.45, 7) is 0.560. The average Bonchev–Trinajstić information content (AvgIpc) is 2.47. The van der Waals surface area contributed by atoms with Crippen molar-refractivity contribution >= 4 is 0 Å². The van der Waals surface area contributed by atoms with Crippen LogP contribution in [0.2, 0.25) is 0 Å². The summed E-state index contributed by atoms with van der Waals surface area (Å²) in [6.07, 6.45) is 1.54. The van der Waals surface area contributed by atoms with Crippen LogP contribution in [-0.2, 0) is 18.9 Å². The third-order valence-electron chi connectivity index (χ3n) is 3.47. The van der Waals surface area contributed by atoms with Gasteiger partial charge in [-0.25, -0.2) is 0 Å². The third kappa shape index (κ3) is 2.42. The van der Waals surface area contributed by atoms with E-state index in [9.17, 15) is 0 Å². The van der Waals surface area contributed by atoms with Crippen molar-refractivity contribution in [3.8, 4) is 0 Å². The minimum absolute atomic E-state index is 0.0105. The van der Waals surface area contributed by atoms with Crippen LogP contribution in [0.25, 0.3) is 0 Å². The molecule has 4 atom stereocenters. The van der Waals surface area contributed by atoms with E-state index in [1.165, 1.54) is 0 Å². The Morgan fingerprint density at radius 1 is 1.06 bits per heavy atom. The molecular weight excluding hydrogens is 232 g/mol. The smallest absolute Gasteiger partial charge is 0.184 e. The fraction of sp³-hybridized carbons (Fsp3) is 0.571. The minimum atomic E-state index is -0.268. The standard InChI is InChI=1S/C14H18O4/c1-15-13-8-7-11-12(17-13)9-16-14(18-11)10-5-3-2-4-6-10/h2-6,11-14H,7-9H2,1H3/t11-,12+,13-,14+/m0/s1. The van der Waals surface area contributed by atoms with Crippen molar-refractivity contribution in [3.63, 3.8) is 0 Å². The third-order valence-corrected chi connectivity index (χ3v) is 3.47. The summed E-state index contributed by atoms with van der Waals surface area (Å²) < 4.78 is 22.7. The normalized spacial score (nSPS) is 36.1. The van der Waals surface area contributed by atoms with Gasteiger partial charge in [0.2, 0.25) is 0 Å². The van der Waals surface area contributed by atoms with Gasteiger partial charge in [0.15, 0.2) is 12.6 Å². The Hall–Kier alpha value is -0.940. The van der Waals surface area contributed by atoms with E-state index in [0.29, 0.717) is 6.61 Å². The molecule has 0 aromatic heterocycles. The van der Waals surface area contributed by atoms with Crippen LogP contribution in [0.5, 0.6) is 0 Å². The molecular formula is C14H18O4. The number of hydrogen-bond donors (Lipinski definition) is 0. The number of methoxy groups -OCH3 is 1. The summed E-state index contributed by atoms with van der Waals surface area (Å²) >= 11 is 0. The van der Waals surface area contributed by atoms with Crippen molar-refractivity contribution in [1.82, 2.24) is 0 Å². The van der Waals surface area contributed by atoms with Crippen LogP contribution in [0.15, 0.2) is 30.3 Å². The molecule has 18 heavy (non-hydrogen) atoms. The molecule has 0 amide bonds. The van der Waals surface area contributed by atoms with Crippen LogP contribution in [0.1, 0.15) is 24.7 Å². The van der Waals surface area contributed by atoms with Crippen LogP contribution < -0.4 is 0 Å². The summed E-state index contributed by atoms with van der Waals surface area (Å²) in [5.74, 6) is 0. The van der Waals surface area contributed by atoms with Gasteiger partial charge in [-0.05, 0) is 6.42 Å². The first-order valence-corrected chi connectivity index (χ1v) is 6.37. The molecule has 4 nitrogen and oxygen atoms in total. The second-order valence-corrected chi connectivity index (χ2v) is 4.67. The summed E-state index contributed by atoms with van der Waals surface area (Å²) in [5, 5.41) is 0. The van der Waals surface area contributed by atoms with Crippen molar-refractivity contribution in [2.45, 2.75) is 37.6 Å². The van der Waals surface area contributed by atoms with E-state index in [1.807, 2.05) is 30.3 Å². The van der Waals surface area contributed by atoms with Gasteiger partial charge in [-0.3, -0.25) is 0 Å². The second-order valence-electron chi connectivity index (χ2n) is 4.67. The topological polar surface area (TPSA) is 36.9 Å². The maximum absolute atomic E-state index is 5.97. The lowest BCUT2D eigenvalue weighted by Gasteiger charge is -2.41. The molecule has 2 fully saturated rings. The fourth-order valence-corrected chi connectivity index (χ4v) is 2.48. The number of benzene rings is 1. The van der Waals surface area contributed by atoms with Crippen LogP contribution >= 0.6 is 0 Å². The van der Waals surface area contributed by atoms with Gasteiger partial charge in [0.25, 0.3) is 0 Å². The second kappa shape index (κ2) is 5.36. The molecule has 2 aliphatic rings. The van der Waals surface area contributed by atoms with Gasteiger partial charge in [0, 0.05) is 19.1 Å². The molecule has 0 bridgehead atoms. The lowest BCUT2D eigenvalue weighted by Crippen LogP contribution is -2.48. The van der Waals surface area contributed by atoms with E-state index < -0.39 is 0 Å². The maximum Gasteiger partial charge on any atom is 0.184 e. The summed E-state index contributed by atoms with van der Waals surface area (Å²) in [4.78, 5) is 0. The first-order valence-electron chi connectivity index (χ1n) is 6.37. The SMILES string of the molecule is CO[C@@H]1CC[C@@H]2O[C@H](c3ccccc3)OC[C@H]2O1. The summed E-state index contributed by atoms with van der Waals surface area (Å²) in [7, 11) is 1.67. The van der Waals surface area contributed by atoms with Crippen LogP contribution in [0.4, 0.5) is 0 Å². The first kappa shape index (κ1) is 12.1.